The van der Waals surface area contributed by atoms with E-state index in [2.05, 4.69) is 4.98 Å². The maximum absolute atomic E-state index is 12.7. The van der Waals surface area contributed by atoms with E-state index < -0.39 is 0 Å². The molecule has 1 aliphatic rings. The Balaban J connectivity index is 1.85. The van der Waals surface area contributed by atoms with E-state index in [0.717, 1.165) is 47.1 Å². The summed E-state index contributed by atoms with van der Waals surface area (Å²) in [4.78, 5) is 20.1. The van der Waals surface area contributed by atoms with Crippen LogP contribution in [0, 0.1) is 6.92 Å². The van der Waals surface area contributed by atoms with Gasteiger partial charge in [0.2, 0.25) is 0 Å². The summed E-state index contributed by atoms with van der Waals surface area (Å²) >= 11 is 7.41. The minimum Gasteiger partial charge on any atom is -0.338 e. The van der Waals surface area contributed by atoms with Gasteiger partial charge in [-0.2, -0.15) is 0 Å². The normalized spacial score (nSPS) is 15.6. The van der Waals surface area contributed by atoms with Crippen molar-refractivity contribution in [2.45, 2.75) is 32.6 Å². The number of hydrogen-bond acceptors (Lipinski definition) is 3. The SMILES string of the molecule is Cc1nc(-c2ccc(Cl)cc2)sc1C(=O)N1CCCCCC1. The number of rotatable bonds is 2. The van der Waals surface area contributed by atoms with E-state index in [0.29, 0.717) is 5.02 Å². The van der Waals surface area contributed by atoms with Crippen LogP contribution in [0.25, 0.3) is 10.6 Å². The Hall–Kier alpha value is -1.39. The summed E-state index contributed by atoms with van der Waals surface area (Å²) in [6.45, 7) is 3.65. The van der Waals surface area contributed by atoms with E-state index >= 15 is 0 Å². The molecule has 1 aromatic heterocycles. The average Bonchev–Trinajstić information content (AvgIpc) is 2.74. The number of nitrogens with zero attached hydrogens (tertiary/aromatic N) is 2. The molecule has 1 fully saturated rings. The number of thiazole rings is 1. The molecule has 1 saturated heterocycles. The lowest BCUT2D eigenvalue weighted by Crippen LogP contribution is -2.31. The first-order valence-electron chi connectivity index (χ1n) is 7.68. The molecule has 0 saturated carbocycles. The molecule has 1 aliphatic heterocycles. The largest absolute Gasteiger partial charge is 0.338 e. The van der Waals surface area contributed by atoms with Gasteiger partial charge in [0.15, 0.2) is 0 Å². The van der Waals surface area contributed by atoms with Gasteiger partial charge in [-0.15, -0.1) is 11.3 Å². The van der Waals surface area contributed by atoms with Crippen molar-refractivity contribution >= 4 is 28.8 Å². The summed E-state index contributed by atoms with van der Waals surface area (Å²) in [6.07, 6.45) is 4.66. The first kappa shape index (κ1) is 15.5. The Morgan fingerprint density at radius 3 is 2.41 bits per heavy atom. The highest BCUT2D eigenvalue weighted by Gasteiger charge is 2.22. The first-order chi connectivity index (χ1) is 10.6. The highest BCUT2D eigenvalue weighted by atomic mass is 35.5. The van der Waals surface area contributed by atoms with Crippen LogP contribution in [0.15, 0.2) is 24.3 Å². The maximum Gasteiger partial charge on any atom is 0.265 e. The van der Waals surface area contributed by atoms with Gasteiger partial charge in [-0.05, 0) is 31.9 Å². The van der Waals surface area contributed by atoms with Crippen LogP contribution >= 0.6 is 22.9 Å². The molecule has 0 radical (unpaired) electrons. The smallest absolute Gasteiger partial charge is 0.265 e. The third-order valence-corrected chi connectivity index (χ3v) is 5.42. The monoisotopic (exact) mass is 334 g/mol. The zero-order valence-electron chi connectivity index (χ0n) is 12.6. The number of aryl methyl sites for hydroxylation is 1. The molecule has 0 spiro atoms. The fraction of sp³-hybridized carbons (Fsp3) is 0.412. The van der Waals surface area contributed by atoms with Crippen LogP contribution < -0.4 is 0 Å². The quantitative estimate of drug-likeness (QED) is 0.791. The molecule has 3 rings (SSSR count). The van der Waals surface area contributed by atoms with Crippen LogP contribution in [0.5, 0.6) is 0 Å². The van der Waals surface area contributed by atoms with Crippen molar-refractivity contribution in [2.24, 2.45) is 0 Å². The van der Waals surface area contributed by atoms with Crippen molar-refractivity contribution in [1.82, 2.24) is 9.88 Å². The zero-order chi connectivity index (χ0) is 15.5. The second kappa shape index (κ2) is 6.80. The molecule has 5 heteroatoms. The predicted octanol–water partition coefficient (Wildman–Crippen LogP) is 4.79. The molecule has 2 aromatic rings. The van der Waals surface area contributed by atoms with Gasteiger partial charge in [0.25, 0.3) is 5.91 Å². The Morgan fingerprint density at radius 2 is 1.77 bits per heavy atom. The van der Waals surface area contributed by atoms with E-state index in [9.17, 15) is 4.79 Å². The summed E-state index contributed by atoms with van der Waals surface area (Å²) in [5, 5.41) is 1.59. The van der Waals surface area contributed by atoms with Gasteiger partial charge >= 0.3 is 0 Å². The molecule has 0 unspecified atom stereocenters. The van der Waals surface area contributed by atoms with Gasteiger partial charge in [-0.1, -0.05) is 36.6 Å². The minimum atomic E-state index is 0.136. The molecule has 116 valence electrons. The Kier molecular flexibility index (Phi) is 4.79. The molecule has 0 N–H and O–H groups in total. The number of amides is 1. The van der Waals surface area contributed by atoms with E-state index in [-0.39, 0.29) is 5.91 Å². The van der Waals surface area contributed by atoms with Crippen LogP contribution in [-0.4, -0.2) is 28.9 Å². The number of carbonyl (C=O) groups excluding carboxylic acids is 1. The molecule has 1 amide bonds. The van der Waals surface area contributed by atoms with Crippen molar-refractivity contribution in [3.8, 4) is 10.6 Å². The van der Waals surface area contributed by atoms with Gasteiger partial charge in [0.1, 0.15) is 9.88 Å². The number of halogens is 1. The topological polar surface area (TPSA) is 33.2 Å². The molecule has 2 heterocycles. The third-order valence-electron chi connectivity index (χ3n) is 3.98. The Morgan fingerprint density at radius 1 is 1.14 bits per heavy atom. The second-order valence-corrected chi connectivity index (χ2v) is 7.08. The van der Waals surface area contributed by atoms with Crippen LogP contribution in [0.4, 0.5) is 0 Å². The lowest BCUT2D eigenvalue weighted by atomic mass is 10.2. The first-order valence-corrected chi connectivity index (χ1v) is 8.87. The Labute approximate surface area is 139 Å². The van der Waals surface area contributed by atoms with Crippen LogP contribution in [0.3, 0.4) is 0 Å². The van der Waals surface area contributed by atoms with Crippen LogP contribution in [0.1, 0.15) is 41.0 Å². The van der Waals surface area contributed by atoms with Crippen molar-refractivity contribution in [3.63, 3.8) is 0 Å². The van der Waals surface area contributed by atoms with E-state index in [1.165, 1.54) is 24.2 Å². The van der Waals surface area contributed by atoms with E-state index in [1.807, 2.05) is 36.1 Å². The average molecular weight is 335 g/mol. The van der Waals surface area contributed by atoms with Gasteiger partial charge in [-0.3, -0.25) is 4.79 Å². The van der Waals surface area contributed by atoms with Gasteiger partial charge < -0.3 is 4.90 Å². The Bertz CT molecular complexity index is 658. The number of likely N-dealkylation sites (tertiary alicyclic amines) is 1. The van der Waals surface area contributed by atoms with Crippen molar-refractivity contribution < 1.29 is 4.79 Å². The molecular formula is C17H19ClN2OS. The highest BCUT2D eigenvalue weighted by molar-refractivity contribution is 7.17. The molecule has 0 aliphatic carbocycles. The summed E-state index contributed by atoms with van der Waals surface area (Å²) in [5.41, 5.74) is 1.83. The molecule has 0 atom stereocenters. The van der Waals surface area contributed by atoms with Gasteiger partial charge in [0.05, 0.1) is 5.69 Å². The lowest BCUT2D eigenvalue weighted by molar-refractivity contribution is 0.0765. The number of hydrogen-bond donors (Lipinski definition) is 0. The molecular weight excluding hydrogens is 316 g/mol. The molecule has 3 nitrogen and oxygen atoms in total. The van der Waals surface area contributed by atoms with E-state index in [4.69, 9.17) is 11.6 Å². The fourth-order valence-electron chi connectivity index (χ4n) is 2.73. The van der Waals surface area contributed by atoms with Crippen molar-refractivity contribution in [2.75, 3.05) is 13.1 Å². The maximum atomic E-state index is 12.7. The predicted molar refractivity (Wildman–Crippen MR) is 91.7 cm³/mol. The van der Waals surface area contributed by atoms with Crippen LogP contribution in [0.2, 0.25) is 5.02 Å². The fourth-order valence-corrected chi connectivity index (χ4v) is 3.89. The molecule has 1 aromatic carbocycles. The van der Waals surface area contributed by atoms with Gasteiger partial charge in [-0.25, -0.2) is 4.98 Å². The van der Waals surface area contributed by atoms with E-state index in [1.54, 1.807) is 0 Å². The standard InChI is InChI=1S/C17H19ClN2OS/c1-12-15(17(21)20-10-4-2-3-5-11-20)22-16(19-12)13-6-8-14(18)9-7-13/h6-9H,2-5,10-11H2,1H3. The lowest BCUT2D eigenvalue weighted by Gasteiger charge is -2.19. The van der Waals surface area contributed by atoms with Crippen molar-refractivity contribution in [3.05, 3.63) is 39.9 Å². The summed E-state index contributed by atoms with van der Waals surface area (Å²) in [6, 6.07) is 7.59. The minimum absolute atomic E-state index is 0.136. The van der Waals surface area contributed by atoms with Crippen molar-refractivity contribution in [1.29, 1.82) is 0 Å². The highest BCUT2D eigenvalue weighted by Crippen LogP contribution is 2.30. The zero-order valence-corrected chi connectivity index (χ0v) is 14.2. The van der Waals surface area contributed by atoms with Gasteiger partial charge in [0, 0.05) is 23.7 Å². The third kappa shape index (κ3) is 3.33. The summed E-state index contributed by atoms with van der Waals surface area (Å²) < 4.78 is 0. The summed E-state index contributed by atoms with van der Waals surface area (Å²) in [5.74, 6) is 0.136. The number of carbonyl (C=O) groups is 1. The number of benzene rings is 1. The summed E-state index contributed by atoms with van der Waals surface area (Å²) in [7, 11) is 0. The molecule has 22 heavy (non-hydrogen) atoms. The number of aromatic nitrogens is 1. The van der Waals surface area contributed by atoms with Crippen LogP contribution in [-0.2, 0) is 0 Å². The second-order valence-electron chi connectivity index (χ2n) is 5.65. The molecule has 0 bridgehead atoms.